The van der Waals surface area contributed by atoms with Crippen molar-refractivity contribution in [1.29, 1.82) is 0 Å². The minimum Gasteiger partial charge on any atom is -0.313 e. The number of rotatable bonds is 4. The summed E-state index contributed by atoms with van der Waals surface area (Å²) < 4.78 is 2.75. The molecule has 0 aliphatic rings. The summed E-state index contributed by atoms with van der Waals surface area (Å²) in [4.78, 5) is 15.4. The van der Waals surface area contributed by atoms with Gasteiger partial charge in [-0.1, -0.05) is 36.4 Å². The number of fused-ring (bicyclic) bond motifs is 1. The quantitative estimate of drug-likeness (QED) is 0.733. The van der Waals surface area contributed by atoms with E-state index in [2.05, 4.69) is 26.2 Å². The zero-order valence-electron chi connectivity index (χ0n) is 11.0. The topological polar surface area (TPSA) is 46.4 Å². The highest BCUT2D eigenvalue weighted by Crippen LogP contribution is 2.22. The number of carbonyl (C=O) groups is 1. The van der Waals surface area contributed by atoms with Crippen LogP contribution in [0.3, 0.4) is 0 Å². The van der Waals surface area contributed by atoms with Gasteiger partial charge in [0, 0.05) is 10.7 Å². The fourth-order valence-corrected chi connectivity index (χ4v) is 2.43. The molecule has 3 aromatic rings. The molecule has 1 aromatic carbocycles. The average molecular weight is 342 g/mol. The summed E-state index contributed by atoms with van der Waals surface area (Å²) in [6.07, 6.45) is 6.38. The van der Waals surface area contributed by atoms with Crippen molar-refractivity contribution in [2.75, 3.05) is 5.32 Å². The molecule has 21 heavy (non-hydrogen) atoms. The minimum absolute atomic E-state index is 0.647. The molecule has 104 valence electrons. The Morgan fingerprint density at radius 2 is 1.90 bits per heavy atom. The van der Waals surface area contributed by atoms with Crippen LogP contribution in [0.1, 0.15) is 11.3 Å². The summed E-state index contributed by atoms with van der Waals surface area (Å²) in [7, 11) is 0. The lowest BCUT2D eigenvalue weighted by Gasteiger charge is -2.01. The molecule has 2 heterocycles. The van der Waals surface area contributed by atoms with E-state index in [1.54, 1.807) is 0 Å². The van der Waals surface area contributed by atoms with Gasteiger partial charge in [-0.2, -0.15) is 0 Å². The zero-order valence-corrected chi connectivity index (χ0v) is 12.6. The van der Waals surface area contributed by atoms with Crippen molar-refractivity contribution in [1.82, 2.24) is 9.38 Å². The Morgan fingerprint density at radius 1 is 1.10 bits per heavy atom. The first-order valence-corrected chi connectivity index (χ1v) is 7.18. The highest BCUT2D eigenvalue weighted by molar-refractivity contribution is 9.10. The summed E-state index contributed by atoms with van der Waals surface area (Å²) in [6.45, 7) is 0. The van der Waals surface area contributed by atoms with Gasteiger partial charge in [0.15, 0.2) is 0 Å². The van der Waals surface area contributed by atoms with Crippen LogP contribution in [0.4, 0.5) is 5.82 Å². The predicted molar refractivity (Wildman–Crippen MR) is 87.9 cm³/mol. The molecule has 0 unspecified atom stereocenters. The molecule has 0 radical (unpaired) electrons. The van der Waals surface area contributed by atoms with Gasteiger partial charge in [0.25, 0.3) is 0 Å². The number of aromatic nitrogens is 2. The fraction of sp³-hybridized carbons (Fsp3) is 0. The largest absolute Gasteiger partial charge is 0.313 e. The van der Waals surface area contributed by atoms with Gasteiger partial charge in [0.1, 0.15) is 17.2 Å². The summed E-state index contributed by atoms with van der Waals surface area (Å²) in [5.41, 5.74) is 2.56. The number of hydrogen-bond donors (Lipinski definition) is 1. The molecule has 0 saturated carbocycles. The second-order valence-electron chi connectivity index (χ2n) is 4.43. The molecule has 1 amide bonds. The number of carbonyl (C=O) groups excluding carboxylic acids is 1. The van der Waals surface area contributed by atoms with Crippen LogP contribution >= 0.6 is 15.9 Å². The van der Waals surface area contributed by atoms with Crippen LogP contribution in [0.2, 0.25) is 0 Å². The number of halogens is 1. The maximum Gasteiger partial charge on any atom is 0.212 e. The Bertz CT molecular complexity index is 809. The molecule has 4 nitrogen and oxygen atoms in total. The molecule has 0 aliphatic carbocycles. The van der Waals surface area contributed by atoms with Crippen molar-refractivity contribution >= 4 is 46.0 Å². The molecular formula is C16H12BrN3O. The maximum absolute atomic E-state index is 10.8. The molecule has 0 fully saturated rings. The highest BCUT2D eigenvalue weighted by Gasteiger charge is 2.09. The van der Waals surface area contributed by atoms with Crippen LogP contribution in [0.15, 0.2) is 53.1 Å². The van der Waals surface area contributed by atoms with E-state index in [0.29, 0.717) is 17.9 Å². The van der Waals surface area contributed by atoms with Crippen molar-refractivity contribution in [3.8, 4) is 0 Å². The standard InChI is InChI=1S/C16H12BrN3O/c17-13-7-9-15-19-14(16(18-11-21)20(15)10-13)8-6-12-4-2-1-3-5-12/h1-11H,(H,18,21). The minimum atomic E-state index is 0.647. The van der Waals surface area contributed by atoms with Crippen molar-refractivity contribution < 1.29 is 4.79 Å². The molecule has 0 aliphatic heterocycles. The van der Waals surface area contributed by atoms with Crippen LogP contribution in [0, 0.1) is 0 Å². The van der Waals surface area contributed by atoms with E-state index in [1.807, 2.05) is 65.2 Å². The Hall–Kier alpha value is -2.40. The Balaban J connectivity index is 2.07. The van der Waals surface area contributed by atoms with Crippen LogP contribution in [-0.4, -0.2) is 15.8 Å². The first-order chi connectivity index (χ1) is 10.3. The maximum atomic E-state index is 10.8. The second-order valence-corrected chi connectivity index (χ2v) is 5.34. The molecular weight excluding hydrogens is 330 g/mol. The number of benzene rings is 1. The van der Waals surface area contributed by atoms with Gasteiger partial charge in [-0.05, 0) is 39.7 Å². The second kappa shape index (κ2) is 5.93. The molecule has 1 N–H and O–H groups in total. The molecule has 0 spiro atoms. The fourth-order valence-electron chi connectivity index (χ4n) is 2.09. The van der Waals surface area contributed by atoms with Gasteiger partial charge < -0.3 is 5.32 Å². The van der Waals surface area contributed by atoms with Crippen molar-refractivity contribution in [2.24, 2.45) is 0 Å². The number of amides is 1. The van der Waals surface area contributed by atoms with Gasteiger partial charge >= 0.3 is 0 Å². The normalized spacial score (nSPS) is 11.1. The molecule has 0 bridgehead atoms. The lowest BCUT2D eigenvalue weighted by molar-refractivity contribution is -0.105. The monoisotopic (exact) mass is 341 g/mol. The third kappa shape index (κ3) is 2.87. The van der Waals surface area contributed by atoms with Gasteiger partial charge in [-0.25, -0.2) is 4.98 Å². The third-order valence-corrected chi connectivity index (χ3v) is 3.51. The van der Waals surface area contributed by atoms with Crippen molar-refractivity contribution in [3.05, 3.63) is 64.4 Å². The lowest BCUT2D eigenvalue weighted by atomic mass is 10.2. The Kier molecular flexibility index (Phi) is 3.83. The predicted octanol–water partition coefficient (Wildman–Crippen LogP) is 3.84. The molecule has 5 heteroatoms. The summed E-state index contributed by atoms with van der Waals surface area (Å²) in [5.74, 6) is 0.647. The number of nitrogens with zero attached hydrogens (tertiary/aromatic N) is 2. The van der Waals surface area contributed by atoms with Gasteiger partial charge in [-0.15, -0.1) is 0 Å². The number of pyridine rings is 1. The zero-order chi connectivity index (χ0) is 14.7. The van der Waals surface area contributed by atoms with Crippen LogP contribution in [0.5, 0.6) is 0 Å². The van der Waals surface area contributed by atoms with Gasteiger partial charge in [-0.3, -0.25) is 9.20 Å². The summed E-state index contributed by atoms with van der Waals surface area (Å²) in [5, 5.41) is 2.71. The van der Waals surface area contributed by atoms with Crippen molar-refractivity contribution in [3.63, 3.8) is 0 Å². The van der Waals surface area contributed by atoms with E-state index in [4.69, 9.17) is 0 Å². The third-order valence-electron chi connectivity index (χ3n) is 3.04. The molecule has 2 aromatic heterocycles. The van der Waals surface area contributed by atoms with E-state index in [0.717, 1.165) is 15.7 Å². The summed E-state index contributed by atoms with van der Waals surface area (Å²) in [6, 6.07) is 13.7. The van der Waals surface area contributed by atoms with E-state index in [1.165, 1.54) is 0 Å². The van der Waals surface area contributed by atoms with Crippen molar-refractivity contribution in [2.45, 2.75) is 0 Å². The Morgan fingerprint density at radius 3 is 2.67 bits per heavy atom. The van der Waals surface area contributed by atoms with E-state index >= 15 is 0 Å². The first-order valence-electron chi connectivity index (χ1n) is 6.39. The van der Waals surface area contributed by atoms with E-state index in [-0.39, 0.29) is 0 Å². The SMILES string of the molecule is O=CNc1c(C=Cc2ccccc2)nc2ccc(Br)cn12. The van der Waals surface area contributed by atoms with E-state index < -0.39 is 0 Å². The lowest BCUT2D eigenvalue weighted by Crippen LogP contribution is -1.99. The summed E-state index contributed by atoms with van der Waals surface area (Å²) >= 11 is 3.42. The van der Waals surface area contributed by atoms with Crippen LogP contribution in [-0.2, 0) is 4.79 Å². The number of imidazole rings is 1. The average Bonchev–Trinajstić information content (AvgIpc) is 2.84. The van der Waals surface area contributed by atoms with E-state index in [9.17, 15) is 4.79 Å². The first kappa shape index (κ1) is 13.6. The Labute approximate surface area is 130 Å². The number of anilines is 1. The van der Waals surface area contributed by atoms with Crippen LogP contribution in [0.25, 0.3) is 17.8 Å². The number of nitrogens with one attached hydrogen (secondary N) is 1. The molecule has 3 rings (SSSR count). The molecule has 0 saturated heterocycles. The number of hydrogen-bond acceptors (Lipinski definition) is 2. The van der Waals surface area contributed by atoms with Gasteiger partial charge in [0.2, 0.25) is 6.41 Å². The molecule has 0 atom stereocenters. The smallest absolute Gasteiger partial charge is 0.212 e. The highest BCUT2D eigenvalue weighted by atomic mass is 79.9. The van der Waals surface area contributed by atoms with Crippen LogP contribution < -0.4 is 5.32 Å². The van der Waals surface area contributed by atoms with Gasteiger partial charge in [0.05, 0.1) is 0 Å².